The highest BCUT2D eigenvalue weighted by Gasteiger charge is 2.54. The molecule has 0 aliphatic heterocycles. The molecule has 2 aromatic rings. The van der Waals surface area contributed by atoms with E-state index in [0.717, 1.165) is 43.6 Å². The molecule has 1 N–H and O–H groups in total. The van der Waals surface area contributed by atoms with Crippen molar-refractivity contribution in [1.82, 2.24) is 4.90 Å². The van der Waals surface area contributed by atoms with Crippen LogP contribution in [-0.2, 0) is 13.0 Å². The summed E-state index contributed by atoms with van der Waals surface area (Å²) < 4.78 is 6.37. The number of phenolic OH excluding ortho intramolecular Hbond substituents is 1. The monoisotopic (exact) mass is 503 g/mol. The van der Waals surface area contributed by atoms with Crippen LogP contribution in [0.1, 0.15) is 89.8 Å². The summed E-state index contributed by atoms with van der Waals surface area (Å²) in [6, 6.07) is 14.7. The van der Waals surface area contributed by atoms with Crippen LogP contribution in [0.3, 0.4) is 0 Å². The lowest BCUT2D eigenvalue weighted by Gasteiger charge is -2.52. The Morgan fingerprint density at radius 1 is 1.08 bits per heavy atom. The zero-order valence-corrected chi connectivity index (χ0v) is 24.1. The maximum atomic E-state index is 10.0. The van der Waals surface area contributed by atoms with Crippen LogP contribution in [0.5, 0.6) is 11.5 Å². The van der Waals surface area contributed by atoms with Gasteiger partial charge in [-0.25, -0.2) is 0 Å². The number of hydrogen-bond acceptors (Lipinski definition) is 3. The minimum atomic E-state index is 0.300. The first-order valence-corrected chi connectivity index (χ1v) is 14.9. The molecule has 2 saturated carbocycles. The molecular weight excluding hydrogens is 454 g/mol. The molecule has 0 spiro atoms. The Bertz CT molecular complexity index is 1070. The fourth-order valence-corrected chi connectivity index (χ4v) is 7.84. The second-order valence-electron chi connectivity index (χ2n) is 11.5. The summed E-state index contributed by atoms with van der Waals surface area (Å²) >= 11 is 0. The first kappa shape index (κ1) is 27.8. The van der Waals surface area contributed by atoms with Crippen molar-refractivity contribution in [1.29, 1.82) is 0 Å². The Labute approximate surface area is 225 Å². The molecule has 3 aliphatic carbocycles. The fourth-order valence-electron chi connectivity index (χ4n) is 7.84. The van der Waals surface area contributed by atoms with Gasteiger partial charge in [-0.3, -0.25) is 4.90 Å². The van der Waals surface area contributed by atoms with E-state index in [4.69, 9.17) is 4.74 Å². The highest BCUT2D eigenvalue weighted by Crippen LogP contribution is 2.63. The summed E-state index contributed by atoms with van der Waals surface area (Å²) in [5.74, 6) is 4.25. The Morgan fingerprint density at radius 2 is 1.84 bits per heavy atom. The van der Waals surface area contributed by atoms with Gasteiger partial charge in [0.2, 0.25) is 0 Å². The molecule has 0 aromatic heterocycles. The van der Waals surface area contributed by atoms with Crippen molar-refractivity contribution < 1.29 is 9.84 Å². The topological polar surface area (TPSA) is 32.7 Å². The molecule has 5 atom stereocenters. The van der Waals surface area contributed by atoms with Gasteiger partial charge in [-0.15, -0.1) is 0 Å². The van der Waals surface area contributed by atoms with Crippen molar-refractivity contribution >= 4 is 0 Å². The smallest absolute Gasteiger partial charge is 0.124 e. The van der Waals surface area contributed by atoms with Gasteiger partial charge in [0, 0.05) is 12.1 Å². The molecule has 0 bridgehead atoms. The number of ether oxygens (including phenoxy) is 1. The van der Waals surface area contributed by atoms with Crippen molar-refractivity contribution in [3.63, 3.8) is 0 Å². The number of phenols is 1. The zero-order chi connectivity index (χ0) is 26.6. The summed E-state index contributed by atoms with van der Waals surface area (Å²) in [5, 5.41) is 10.0. The number of nitrogens with zero attached hydrogens (tertiary/aromatic N) is 1. The third-order valence-electron chi connectivity index (χ3n) is 9.74. The molecule has 0 heterocycles. The van der Waals surface area contributed by atoms with E-state index in [0.29, 0.717) is 29.6 Å². The fraction of sp³-hybridized carbons (Fsp3) is 0.588. The van der Waals surface area contributed by atoms with Crippen molar-refractivity contribution in [2.45, 2.75) is 86.1 Å². The van der Waals surface area contributed by atoms with Gasteiger partial charge in [0.15, 0.2) is 0 Å². The minimum absolute atomic E-state index is 0.300. The maximum Gasteiger partial charge on any atom is 0.124 e. The molecule has 3 heteroatoms. The predicted molar refractivity (Wildman–Crippen MR) is 155 cm³/mol. The van der Waals surface area contributed by atoms with Crippen LogP contribution in [0.2, 0.25) is 0 Å². The standard InChI is InChI=1S/C32H43NO2.C2H6/c1-5-33(6-2)21-23-9-7-8-10-30(23)35-18-16-25-11-14-29-31-22(3)19-24-20-26(34)12-13-27(24)28(31)15-17-32(25,29)4;1-2/h7-10,12-13,16,20,22,28-29,31,34H,5-6,11,14-15,17-19,21H2,1-4H3;1-2H3/b25-16+;/t22-,28?,29?,31?,32?;/m1./s1. The van der Waals surface area contributed by atoms with Gasteiger partial charge < -0.3 is 9.84 Å². The number of para-hydroxylation sites is 1. The van der Waals surface area contributed by atoms with E-state index in [9.17, 15) is 5.11 Å². The van der Waals surface area contributed by atoms with Gasteiger partial charge in [0.05, 0.1) is 0 Å². The first-order valence-electron chi connectivity index (χ1n) is 14.9. The molecule has 2 aromatic carbocycles. The van der Waals surface area contributed by atoms with Gasteiger partial charge in [0.1, 0.15) is 18.1 Å². The number of benzene rings is 2. The molecular formula is C34H49NO2. The second kappa shape index (κ2) is 12.1. The van der Waals surface area contributed by atoms with Crippen molar-refractivity contribution in [3.05, 3.63) is 70.8 Å². The number of fused-ring (bicyclic) bond motifs is 5. The zero-order valence-electron chi connectivity index (χ0n) is 24.1. The number of aromatic hydroxyl groups is 1. The summed E-state index contributed by atoms with van der Waals surface area (Å²) in [5.41, 5.74) is 6.11. The van der Waals surface area contributed by atoms with Gasteiger partial charge in [0.25, 0.3) is 0 Å². The summed E-state index contributed by atoms with van der Waals surface area (Å²) in [4.78, 5) is 2.44. The number of hydrogen-bond donors (Lipinski definition) is 1. The Balaban J connectivity index is 0.00000156. The normalized spacial score (nSPS) is 29.2. The predicted octanol–water partition coefficient (Wildman–Crippen LogP) is 8.37. The highest BCUT2D eigenvalue weighted by molar-refractivity contribution is 5.41. The minimum Gasteiger partial charge on any atom is -0.508 e. The summed E-state index contributed by atoms with van der Waals surface area (Å²) in [6.07, 6.45) is 8.56. The molecule has 0 saturated heterocycles. The van der Waals surface area contributed by atoms with Crippen LogP contribution >= 0.6 is 0 Å². The van der Waals surface area contributed by atoms with Crippen molar-refractivity contribution in [2.75, 3.05) is 19.7 Å². The van der Waals surface area contributed by atoms with Crippen molar-refractivity contribution in [3.8, 4) is 11.5 Å². The van der Waals surface area contributed by atoms with Gasteiger partial charge >= 0.3 is 0 Å². The molecule has 0 radical (unpaired) electrons. The van der Waals surface area contributed by atoms with E-state index < -0.39 is 0 Å². The number of rotatable bonds is 7. The van der Waals surface area contributed by atoms with E-state index in [-0.39, 0.29) is 0 Å². The molecule has 202 valence electrons. The molecule has 37 heavy (non-hydrogen) atoms. The SMILES string of the molecule is CC.CCN(CC)Cc1ccccc1OC/C=C1\CCC2C3C(CCC12C)c1ccc(O)cc1C[C@H]3C. The van der Waals surface area contributed by atoms with E-state index in [1.54, 1.807) is 5.57 Å². The number of allylic oxidation sites excluding steroid dienone is 1. The lowest BCUT2D eigenvalue weighted by Crippen LogP contribution is -2.43. The highest BCUT2D eigenvalue weighted by atomic mass is 16.5. The Kier molecular flexibility index (Phi) is 9.06. The first-order chi connectivity index (χ1) is 17.9. The summed E-state index contributed by atoms with van der Waals surface area (Å²) in [7, 11) is 0. The lowest BCUT2D eigenvalue weighted by molar-refractivity contribution is 0.0488. The van der Waals surface area contributed by atoms with Crippen LogP contribution in [0, 0.1) is 23.2 Å². The summed E-state index contributed by atoms with van der Waals surface area (Å²) in [6.45, 7) is 17.2. The second-order valence-corrected chi connectivity index (χ2v) is 11.5. The van der Waals surface area contributed by atoms with Gasteiger partial charge in [-0.05, 0) is 110 Å². The van der Waals surface area contributed by atoms with E-state index in [2.05, 4.69) is 69.0 Å². The molecule has 3 nitrogen and oxygen atoms in total. The average molecular weight is 504 g/mol. The van der Waals surface area contributed by atoms with Crippen LogP contribution < -0.4 is 4.74 Å². The van der Waals surface area contributed by atoms with Crippen LogP contribution in [0.15, 0.2) is 54.1 Å². The van der Waals surface area contributed by atoms with E-state index in [1.807, 2.05) is 26.0 Å². The van der Waals surface area contributed by atoms with E-state index >= 15 is 0 Å². The average Bonchev–Trinajstić information content (AvgIpc) is 3.25. The molecule has 2 fully saturated rings. The molecule has 5 rings (SSSR count). The van der Waals surface area contributed by atoms with Crippen LogP contribution in [-0.4, -0.2) is 29.7 Å². The molecule has 4 unspecified atom stereocenters. The van der Waals surface area contributed by atoms with Crippen LogP contribution in [0.4, 0.5) is 0 Å². The molecule has 3 aliphatic rings. The maximum absolute atomic E-state index is 10.0. The van der Waals surface area contributed by atoms with Crippen LogP contribution in [0.25, 0.3) is 0 Å². The van der Waals surface area contributed by atoms with Gasteiger partial charge in [-0.1, -0.05) is 71.4 Å². The third kappa shape index (κ3) is 5.48. The Hall–Kier alpha value is -2.26. The quantitative estimate of drug-likeness (QED) is 0.385. The largest absolute Gasteiger partial charge is 0.508 e. The van der Waals surface area contributed by atoms with Crippen molar-refractivity contribution in [2.24, 2.45) is 23.2 Å². The molecule has 0 amide bonds. The van der Waals surface area contributed by atoms with Gasteiger partial charge in [-0.2, -0.15) is 0 Å². The third-order valence-corrected chi connectivity index (χ3v) is 9.74. The lowest BCUT2D eigenvalue weighted by atomic mass is 9.52. The Morgan fingerprint density at radius 3 is 2.59 bits per heavy atom. The van der Waals surface area contributed by atoms with E-state index in [1.165, 1.54) is 42.4 Å².